The van der Waals surface area contributed by atoms with Crippen LogP contribution in [0.3, 0.4) is 0 Å². The highest BCUT2D eigenvalue weighted by Crippen LogP contribution is 2.38. The summed E-state index contributed by atoms with van der Waals surface area (Å²) in [6, 6.07) is 18.0. The minimum atomic E-state index is -1.21. The first kappa shape index (κ1) is 20.8. The van der Waals surface area contributed by atoms with Crippen molar-refractivity contribution >= 4 is 5.78 Å². The van der Waals surface area contributed by atoms with Crippen LogP contribution in [0.15, 0.2) is 54.6 Å². The Kier molecular flexibility index (Phi) is 7.44. The number of hydrogen-bond donors (Lipinski definition) is 1. The minimum absolute atomic E-state index is 0.0736. The fraction of sp³-hybridized carbons (Fsp3) is 0.500. The van der Waals surface area contributed by atoms with E-state index in [0.29, 0.717) is 12.0 Å². The number of hydrogen-bond acceptors (Lipinski definition) is 2. The van der Waals surface area contributed by atoms with Crippen LogP contribution in [-0.4, -0.2) is 16.5 Å². The Morgan fingerprint density at radius 1 is 0.893 bits per heavy atom. The van der Waals surface area contributed by atoms with Gasteiger partial charge in [-0.05, 0) is 36.3 Å². The largest absolute Gasteiger partial charge is 0.381 e. The van der Waals surface area contributed by atoms with E-state index in [4.69, 9.17) is 0 Å². The molecule has 1 saturated carbocycles. The number of rotatable bonds is 9. The SMILES string of the molecule is CCCCCCC(O)(C(=O)c1ccc(-c2ccccc2)cc1)C1CCCCC1. The van der Waals surface area contributed by atoms with Crippen molar-refractivity contribution in [1.82, 2.24) is 0 Å². The summed E-state index contributed by atoms with van der Waals surface area (Å²) in [5.41, 5.74) is 1.68. The zero-order chi connectivity index (χ0) is 19.8. The first-order valence-corrected chi connectivity index (χ1v) is 11.1. The fourth-order valence-electron chi connectivity index (χ4n) is 4.60. The zero-order valence-corrected chi connectivity index (χ0v) is 17.2. The number of carbonyl (C=O) groups is 1. The van der Waals surface area contributed by atoms with Gasteiger partial charge in [0.1, 0.15) is 5.60 Å². The predicted molar refractivity (Wildman–Crippen MR) is 116 cm³/mol. The van der Waals surface area contributed by atoms with Crippen LogP contribution < -0.4 is 0 Å². The molecule has 0 aliphatic heterocycles. The Morgan fingerprint density at radius 2 is 1.54 bits per heavy atom. The lowest BCUT2D eigenvalue weighted by atomic mass is 9.71. The third kappa shape index (κ3) is 4.91. The molecule has 1 unspecified atom stereocenters. The van der Waals surface area contributed by atoms with Gasteiger partial charge >= 0.3 is 0 Å². The maximum Gasteiger partial charge on any atom is 0.194 e. The number of aliphatic hydroxyl groups is 1. The van der Waals surface area contributed by atoms with Gasteiger partial charge in [0, 0.05) is 5.56 Å². The normalized spacial score (nSPS) is 17.2. The summed E-state index contributed by atoms with van der Waals surface area (Å²) in [5, 5.41) is 11.6. The number of unbranched alkanes of at least 4 members (excludes halogenated alkanes) is 3. The number of carbonyl (C=O) groups excluding carboxylic acids is 1. The molecule has 1 aliphatic rings. The standard InChI is InChI=1S/C26H34O2/c1-2-3-4-11-20-26(28,24-14-9-6-10-15-24)25(27)23-18-16-22(17-19-23)21-12-7-5-8-13-21/h5,7-8,12-13,16-19,24,28H,2-4,6,9-11,14-15,20H2,1H3. The maximum absolute atomic E-state index is 13.4. The first-order valence-electron chi connectivity index (χ1n) is 11.1. The third-order valence-electron chi connectivity index (χ3n) is 6.34. The summed E-state index contributed by atoms with van der Waals surface area (Å²) in [5.74, 6) is 0.0275. The zero-order valence-electron chi connectivity index (χ0n) is 17.2. The van der Waals surface area contributed by atoms with Crippen LogP contribution in [0.1, 0.15) is 81.5 Å². The van der Waals surface area contributed by atoms with Crippen LogP contribution in [0.25, 0.3) is 11.1 Å². The molecule has 1 fully saturated rings. The van der Waals surface area contributed by atoms with Gasteiger partial charge in [-0.2, -0.15) is 0 Å². The maximum atomic E-state index is 13.4. The van der Waals surface area contributed by atoms with Crippen LogP contribution in [0, 0.1) is 5.92 Å². The molecule has 0 amide bonds. The topological polar surface area (TPSA) is 37.3 Å². The van der Waals surface area contributed by atoms with Crippen LogP contribution in [-0.2, 0) is 0 Å². The lowest BCUT2D eigenvalue weighted by Crippen LogP contribution is -2.46. The summed E-state index contributed by atoms with van der Waals surface area (Å²) in [7, 11) is 0. The predicted octanol–water partition coefficient (Wildman–Crippen LogP) is 6.82. The Balaban J connectivity index is 1.79. The molecule has 2 heteroatoms. The molecule has 3 rings (SSSR count). The summed E-state index contributed by atoms with van der Waals surface area (Å²) >= 11 is 0. The summed E-state index contributed by atoms with van der Waals surface area (Å²) in [6.45, 7) is 2.19. The lowest BCUT2D eigenvalue weighted by molar-refractivity contribution is -0.0209. The van der Waals surface area contributed by atoms with Crippen LogP contribution >= 0.6 is 0 Å². The van der Waals surface area contributed by atoms with Crippen LogP contribution in [0.5, 0.6) is 0 Å². The lowest BCUT2D eigenvalue weighted by Gasteiger charge is -2.37. The molecule has 0 heterocycles. The molecule has 0 spiro atoms. The fourth-order valence-corrected chi connectivity index (χ4v) is 4.60. The highest BCUT2D eigenvalue weighted by Gasteiger charge is 2.43. The molecule has 1 aliphatic carbocycles. The molecule has 2 aromatic rings. The Bertz CT molecular complexity index is 729. The molecule has 0 bridgehead atoms. The van der Waals surface area contributed by atoms with Gasteiger partial charge in [0.15, 0.2) is 5.78 Å². The second-order valence-corrected chi connectivity index (χ2v) is 8.34. The van der Waals surface area contributed by atoms with E-state index in [1.165, 1.54) is 12.8 Å². The van der Waals surface area contributed by atoms with Crippen molar-refractivity contribution in [2.45, 2.75) is 76.7 Å². The Labute approximate surface area is 170 Å². The smallest absolute Gasteiger partial charge is 0.194 e. The molecule has 1 atom stereocenters. The minimum Gasteiger partial charge on any atom is -0.381 e. The summed E-state index contributed by atoms with van der Waals surface area (Å²) < 4.78 is 0. The molecule has 0 radical (unpaired) electrons. The number of ketones is 1. The molecule has 0 aromatic heterocycles. The van der Waals surface area contributed by atoms with Gasteiger partial charge in [0.2, 0.25) is 0 Å². The van der Waals surface area contributed by atoms with Crippen molar-refractivity contribution in [3.05, 3.63) is 60.2 Å². The van der Waals surface area contributed by atoms with E-state index in [0.717, 1.165) is 56.1 Å². The van der Waals surface area contributed by atoms with E-state index >= 15 is 0 Å². The van der Waals surface area contributed by atoms with Gasteiger partial charge in [-0.1, -0.05) is 106 Å². The molecule has 2 aromatic carbocycles. The van der Waals surface area contributed by atoms with Crippen molar-refractivity contribution in [1.29, 1.82) is 0 Å². The van der Waals surface area contributed by atoms with Crippen molar-refractivity contribution in [2.75, 3.05) is 0 Å². The van der Waals surface area contributed by atoms with Gasteiger partial charge in [0.05, 0.1) is 0 Å². The Hall–Kier alpha value is -1.93. The van der Waals surface area contributed by atoms with E-state index in [1.54, 1.807) is 0 Å². The third-order valence-corrected chi connectivity index (χ3v) is 6.34. The Morgan fingerprint density at radius 3 is 2.18 bits per heavy atom. The van der Waals surface area contributed by atoms with Crippen LogP contribution in [0.2, 0.25) is 0 Å². The average Bonchev–Trinajstić information content (AvgIpc) is 2.77. The van der Waals surface area contributed by atoms with Gasteiger partial charge in [0.25, 0.3) is 0 Å². The second-order valence-electron chi connectivity index (χ2n) is 8.34. The first-order chi connectivity index (χ1) is 13.6. The van der Waals surface area contributed by atoms with Crippen molar-refractivity contribution in [3.8, 4) is 11.1 Å². The average molecular weight is 379 g/mol. The molecule has 1 N–H and O–H groups in total. The highest BCUT2D eigenvalue weighted by molar-refractivity contribution is 6.02. The van der Waals surface area contributed by atoms with E-state index in [9.17, 15) is 9.90 Å². The van der Waals surface area contributed by atoms with Gasteiger partial charge < -0.3 is 5.11 Å². The quantitative estimate of drug-likeness (QED) is 0.384. The molecule has 150 valence electrons. The van der Waals surface area contributed by atoms with Gasteiger partial charge in [-0.25, -0.2) is 0 Å². The van der Waals surface area contributed by atoms with Crippen molar-refractivity contribution in [3.63, 3.8) is 0 Å². The van der Waals surface area contributed by atoms with Crippen molar-refractivity contribution in [2.24, 2.45) is 5.92 Å². The van der Waals surface area contributed by atoms with E-state index in [-0.39, 0.29) is 11.7 Å². The molecular weight excluding hydrogens is 344 g/mol. The molecule has 0 saturated heterocycles. The summed E-state index contributed by atoms with van der Waals surface area (Å²) in [4.78, 5) is 13.4. The molecule has 2 nitrogen and oxygen atoms in total. The monoisotopic (exact) mass is 378 g/mol. The molecule has 28 heavy (non-hydrogen) atoms. The van der Waals surface area contributed by atoms with E-state index in [2.05, 4.69) is 19.1 Å². The highest BCUT2D eigenvalue weighted by atomic mass is 16.3. The van der Waals surface area contributed by atoms with E-state index in [1.807, 2.05) is 42.5 Å². The van der Waals surface area contributed by atoms with Crippen molar-refractivity contribution < 1.29 is 9.90 Å². The van der Waals surface area contributed by atoms with Gasteiger partial charge in [-0.3, -0.25) is 4.79 Å². The second kappa shape index (κ2) is 10.0. The van der Waals surface area contributed by atoms with Crippen LogP contribution in [0.4, 0.5) is 0 Å². The molecular formula is C26H34O2. The van der Waals surface area contributed by atoms with E-state index < -0.39 is 5.60 Å². The summed E-state index contributed by atoms with van der Waals surface area (Å²) in [6.07, 6.45) is 10.4. The number of benzene rings is 2. The number of Topliss-reactive ketones (excluding diaryl/α,β-unsaturated/α-hetero) is 1. The van der Waals surface area contributed by atoms with Gasteiger partial charge in [-0.15, -0.1) is 0 Å².